The van der Waals surface area contributed by atoms with Gasteiger partial charge >= 0.3 is 0 Å². The van der Waals surface area contributed by atoms with Crippen LogP contribution >= 0.6 is 11.6 Å². The zero-order valence-electron chi connectivity index (χ0n) is 10.6. The van der Waals surface area contributed by atoms with Crippen molar-refractivity contribution in [3.63, 3.8) is 0 Å². The van der Waals surface area contributed by atoms with Crippen molar-refractivity contribution < 1.29 is 0 Å². The minimum absolute atomic E-state index is 0.362. The maximum absolute atomic E-state index is 6.11. The lowest BCUT2D eigenvalue weighted by Gasteiger charge is -2.36. The van der Waals surface area contributed by atoms with E-state index in [9.17, 15) is 0 Å². The number of rotatable bonds is 3. The van der Waals surface area contributed by atoms with Gasteiger partial charge in [0.15, 0.2) is 0 Å². The molecule has 4 nitrogen and oxygen atoms in total. The van der Waals surface area contributed by atoms with Crippen LogP contribution in [0.2, 0.25) is 5.15 Å². The molecule has 96 valence electrons. The lowest BCUT2D eigenvalue weighted by atomic mass is 9.91. The summed E-state index contributed by atoms with van der Waals surface area (Å²) in [5.74, 6) is 1.64. The van der Waals surface area contributed by atoms with Crippen molar-refractivity contribution in [1.29, 1.82) is 0 Å². The first-order chi connectivity index (χ1) is 8.11. The average molecular weight is 257 g/mol. The minimum atomic E-state index is 0.362. The van der Waals surface area contributed by atoms with Crippen molar-refractivity contribution in [2.45, 2.75) is 32.4 Å². The van der Waals surface area contributed by atoms with Crippen molar-refractivity contribution in [2.24, 2.45) is 18.7 Å². The third kappa shape index (κ3) is 2.81. The Bertz CT molecular complexity index is 377. The standard InChI is InChI=1S/C12H21ClN4/c1-3-9-7-17(5-4-10(9)14)8-12-15-6-11(13)16(12)2/h6,9-10H,3-5,7-8,14H2,1-2H3. The monoisotopic (exact) mass is 256 g/mol. The van der Waals surface area contributed by atoms with Gasteiger partial charge in [0.25, 0.3) is 0 Å². The average Bonchev–Trinajstić information content (AvgIpc) is 2.63. The Balaban J connectivity index is 1.98. The van der Waals surface area contributed by atoms with E-state index in [-0.39, 0.29) is 0 Å². The van der Waals surface area contributed by atoms with E-state index in [4.69, 9.17) is 17.3 Å². The van der Waals surface area contributed by atoms with Crippen LogP contribution in [0.4, 0.5) is 0 Å². The molecule has 2 heterocycles. The number of piperidine rings is 1. The summed E-state index contributed by atoms with van der Waals surface area (Å²) in [6.07, 6.45) is 3.94. The van der Waals surface area contributed by atoms with Crippen LogP contribution in [0.1, 0.15) is 25.6 Å². The maximum atomic E-state index is 6.11. The van der Waals surface area contributed by atoms with E-state index < -0.39 is 0 Å². The number of halogens is 1. The zero-order chi connectivity index (χ0) is 12.4. The van der Waals surface area contributed by atoms with Crippen molar-refractivity contribution in [3.8, 4) is 0 Å². The largest absolute Gasteiger partial charge is 0.327 e. The number of aromatic nitrogens is 2. The van der Waals surface area contributed by atoms with E-state index in [1.165, 1.54) is 0 Å². The highest BCUT2D eigenvalue weighted by molar-refractivity contribution is 6.29. The lowest BCUT2D eigenvalue weighted by Crippen LogP contribution is -2.46. The quantitative estimate of drug-likeness (QED) is 0.894. The SMILES string of the molecule is CCC1CN(Cc2ncc(Cl)n2C)CCC1N. The molecule has 17 heavy (non-hydrogen) atoms. The van der Waals surface area contributed by atoms with Crippen molar-refractivity contribution >= 4 is 11.6 Å². The number of nitrogens with two attached hydrogens (primary N) is 1. The molecule has 2 N–H and O–H groups in total. The Morgan fingerprint density at radius 3 is 2.94 bits per heavy atom. The van der Waals surface area contributed by atoms with E-state index in [2.05, 4.69) is 16.8 Å². The van der Waals surface area contributed by atoms with Gasteiger partial charge in [0.05, 0.1) is 12.7 Å². The van der Waals surface area contributed by atoms with E-state index in [1.807, 2.05) is 11.6 Å². The van der Waals surface area contributed by atoms with Crippen LogP contribution in [-0.2, 0) is 13.6 Å². The third-order valence-electron chi connectivity index (χ3n) is 3.79. The van der Waals surface area contributed by atoms with Gasteiger partial charge in [-0.2, -0.15) is 0 Å². The summed E-state index contributed by atoms with van der Waals surface area (Å²) in [5, 5.41) is 0.695. The lowest BCUT2D eigenvalue weighted by molar-refractivity contribution is 0.141. The molecule has 0 aliphatic carbocycles. The minimum Gasteiger partial charge on any atom is -0.327 e. The van der Waals surface area contributed by atoms with E-state index in [0.717, 1.165) is 38.3 Å². The topological polar surface area (TPSA) is 47.1 Å². The molecule has 1 aliphatic rings. The molecule has 1 aromatic heterocycles. The Hall–Kier alpha value is -0.580. The Kier molecular flexibility index (Phi) is 4.07. The fraction of sp³-hybridized carbons (Fsp3) is 0.750. The van der Waals surface area contributed by atoms with Crippen LogP contribution in [-0.4, -0.2) is 33.6 Å². The van der Waals surface area contributed by atoms with Crippen LogP contribution in [0.15, 0.2) is 6.20 Å². The molecule has 0 aromatic carbocycles. The molecule has 1 fully saturated rings. The van der Waals surface area contributed by atoms with Crippen LogP contribution in [0.3, 0.4) is 0 Å². The van der Waals surface area contributed by atoms with Gasteiger partial charge in [-0.1, -0.05) is 24.9 Å². The summed E-state index contributed by atoms with van der Waals surface area (Å²) < 4.78 is 1.94. The number of likely N-dealkylation sites (tertiary alicyclic amines) is 1. The summed E-state index contributed by atoms with van der Waals surface area (Å²) in [6, 6.07) is 0.362. The number of nitrogens with zero attached hydrogens (tertiary/aromatic N) is 3. The van der Waals surface area contributed by atoms with E-state index in [1.54, 1.807) is 6.20 Å². The first-order valence-corrected chi connectivity index (χ1v) is 6.63. The Morgan fingerprint density at radius 1 is 1.59 bits per heavy atom. The molecule has 0 saturated carbocycles. The summed E-state index contributed by atoms with van der Waals surface area (Å²) in [6.45, 7) is 5.21. The second-order valence-corrected chi connectivity index (χ2v) is 5.30. The van der Waals surface area contributed by atoms with Gasteiger partial charge in [0, 0.05) is 26.2 Å². The molecule has 2 atom stereocenters. The van der Waals surface area contributed by atoms with E-state index in [0.29, 0.717) is 17.1 Å². The van der Waals surface area contributed by atoms with Crippen molar-refractivity contribution in [3.05, 3.63) is 17.2 Å². The smallest absolute Gasteiger partial charge is 0.128 e. The second kappa shape index (κ2) is 5.38. The first-order valence-electron chi connectivity index (χ1n) is 6.25. The highest BCUT2D eigenvalue weighted by atomic mass is 35.5. The molecule has 0 amide bonds. The molecule has 0 bridgehead atoms. The van der Waals surface area contributed by atoms with Gasteiger partial charge in [0.2, 0.25) is 0 Å². The summed E-state index contributed by atoms with van der Waals surface area (Å²) in [7, 11) is 1.96. The summed E-state index contributed by atoms with van der Waals surface area (Å²) >= 11 is 5.99. The predicted molar refractivity (Wildman–Crippen MR) is 69.9 cm³/mol. The highest BCUT2D eigenvalue weighted by Crippen LogP contribution is 2.20. The molecule has 1 saturated heterocycles. The van der Waals surface area contributed by atoms with Crippen LogP contribution in [0.5, 0.6) is 0 Å². The van der Waals surface area contributed by atoms with Gasteiger partial charge < -0.3 is 10.3 Å². The molecule has 0 spiro atoms. The number of imidazole rings is 1. The first kappa shape index (κ1) is 12.9. The van der Waals surface area contributed by atoms with Gasteiger partial charge in [-0.3, -0.25) is 4.90 Å². The summed E-state index contributed by atoms with van der Waals surface area (Å²) in [4.78, 5) is 6.76. The fourth-order valence-corrected chi connectivity index (χ4v) is 2.62. The Morgan fingerprint density at radius 2 is 2.35 bits per heavy atom. The fourth-order valence-electron chi connectivity index (χ4n) is 2.47. The van der Waals surface area contributed by atoms with Crippen molar-refractivity contribution in [2.75, 3.05) is 13.1 Å². The molecule has 2 rings (SSSR count). The van der Waals surface area contributed by atoms with Crippen molar-refractivity contribution in [1.82, 2.24) is 14.5 Å². The van der Waals surface area contributed by atoms with E-state index >= 15 is 0 Å². The molecule has 5 heteroatoms. The maximum Gasteiger partial charge on any atom is 0.128 e. The van der Waals surface area contributed by atoms with Crippen LogP contribution in [0.25, 0.3) is 0 Å². The molecule has 0 radical (unpaired) electrons. The van der Waals surface area contributed by atoms with Crippen LogP contribution < -0.4 is 5.73 Å². The third-order valence-corrected chi connectivity index (χ3v) is 4.15. The van der Waals surface area contributed by atoms with Gasteiger partial charge in [0.1, 0.15) is 11.0 Å². The molecular weight excluding hydrogens is 236 g/mol. The molecule has 1 aliphatic heterocycles. The normalized spacial score (nSPS) is 26.4. The second-order valence-electron chi connectivity index (χ2n) is 4.91. The molecule has 1 aromatic rings. The van der Waals surface area contributed by atoms with Gasteiger partial charge in [-0.15, -0.1) is 0 Å². The highest BCUT2D eigenvalue weighted by Gasteiger charge is 2.25. The molecular formula is C12H21ClN4. The number of hydrogen-bond donors (Lipinski definition) is 1. The van der Waals surface area contributed by atoms with Gasteiger partial charge in [-0.05, 0) is 12.3 Å². The molecule has 2 unspecified atom stereocenters. The van der Waals surface area contributed by atoms with Crippen LogP contribution in [0, 0.1) is 5.92 Å². The summed E-state index contributed by atoms with van der Waals surface area (Å²) in [5.41, 5.74) is 6.11. The predicted octanol–water partition coefficient (Wildman–Crippen LogP) is 1.63. The van der Waals surface area contributed by atoms with Gasteiger partial charge in [-0.25, -0.2) is 4.98 Å². The number of hydrogen-bond acceptors (Lipinski definition) is 3. The Labute approximate surface area is 108 Å². The zero-order valence-corrected chi connectivity index (χ0v) is 11.3.